The lowest BCUT2D eigenvalue weighted by Gasteiger charge is -2.17. The number of carbonyl (C=O) groups excluding carboxylic acids is 1. The molecule has 5 nitrogen and oxygen atoms in total. The molecule has 0 spiro atoms. The van der Waals surface area contributed by atoms with E-state index in [2.05, 4.69) is 10.6 Å². The number of halogens is 1. The molecule has 0 aromatic heterocycles. The van der Waals surface area contributed by atoms with Crippen LogP contribution >= 0.6 is 11.6 Å². The molecule has 0 fully saturated rings. The van der Waals surface area contributed by atoms with E-state index in [1.54, 1.807) is 55.5 Å². The second-order valence-electron chi connectivity index (χ2n) is 5.75. The third-order valence-corrected chi connectivity index (χ3v) is 3.80. The maximum Gasteiger partial charge on any atom is 0.322 e. The summed E-state index contributed by atoms with van der Waals surface area (Å²) >= 11 is 5.83. The van der Waals surface area contributed by atoms with Crippen LogP contribution in [0.2, 0.25) is 5.02 Å². The van der Waals surface area contributed by atoms with Crippen molar-refractivity contribution in [1.29, 1.82) is 0 Å². The Hall–Kier alpha value is -3.18. The Labute approximate surface area is 162 Å². The van der Waals surface area contributed by atoms with Crippen LogP contribution in [-0.2, 0) is 0 Å². The Morgan fingerprint density at radius 3 is 2.11 bits per heavy atom. The second kappa shape index (κ2) is 8.96. The summed E-state index contributed by atoms with van der Waals surface area (Å²) in [5.74, 6) is 2.06. The highest BCUT2D eigenvalue weighted by molar-refractivity contribution is 6.30. The molecule has 2 amide bonds. The van der Waals surface area contributed by atoms with Crippen molar-refractivity contribution in [2.75, 3.05) is 5.32 Å². The van der Waals surface area contributed by atoms with Crippen molar-refractivity contribution < 1.29 is 14.3 Å². The summed E-state index contributed by atoms with van der Waals surface area (Å²) in [5, 5.41) is 6.09. The number of ether oxygens (including phenoxy) is 2. The van der Waals surface area contributed by atoms with Crippen molar-refractivity contribution in [3.8, 4) is 17.2 Å². The predicted molar refractivity (Wildman–Crippen MR) is 107 cm³/mol. The first kappa shape index (κ1) is 18.6. The van der Waals surface area contributed by atoms with Crippen LogP contribution in [0, 0.1) is 0 Å². The van der Waals surface area contributed by atoms with Crippen molar-refractivity contribution in [2.45, 2.75) is 13.2 Å². The normalized spacial score (nSPS) is 11.3. The monoisotopic (exact) mass is 382 g/mol. The minimum Gasteiger partial charge on any atom is -0.471 e. The molecule has 0 radical (unpaired) electrons. The molecule has 0 aliphatic rings. The first-order valence-electron chi connectivity index (χ1n) is 8.41. The topological polar surface area (TPSA) is 59.6 Å². The Morgan fingerprint density at radius 1 is 0.852 bits per heavy atom. The summed E-state index contributed by atoms with van der Waals surface area (Å²) < 4.78 is 11.3. The van der Waals surface area contributed by atoms with Gasteiger partial charge in [0, 0.05) is 10.7 Å². The largest absolute Gasteiger partial charge is 0.471 e. The quantitative estimate of drug-likeness (QED) is 0.539. The molecule has 6 heteroatoms. The van der Waals surface area contributed by atoms with Gasteiger partial charge in [-0.05, 0) is 67.6 Å². The van der Waals surface area contributed by atoms with Crippen LogP contribution in [0.4, 0.5) is 10.5 Å². The molecule has 138 valence electrons. The SMILES string of the molecule is CC(NC(=O)Nc1ccc(Oc2ccccc2)cc1)Oc1ccc(Cl)cc1. The van der Waals surface area contributed by atoms with Crippen LogP contribution in [-0.4, -0.2) is 12.3 Å². The molecule has 0 saturated heterocycles. The third kappa shape index (κ3) is 5.94. The molecule has 0 aliphatic carbocycles. The number of carbonyl (C=O) groups is 1. The van der Waals surface area contributed by atoms with Crippen molar-refractivity contribution in [2.24, 2.45) is 0 Å². The number of nitrogens with one attached hydrogen (secondary N) is 2. The van der Waals surface area contributed by atoms with Crippen LogP contribution in [0.5, 0.6) is 17.2 Å². The first-order chi connectivity index (χ1) is 13.1. The number of hydrogen-bond acceptors (Lipinski definition) is 3. The van der Waals surface area contributed by atoms with Gasteiger partial charge in [-0.3, -0.25) is 0 Å². The van der Waals surface area contributed by atoms with Crippen molar-refractivity contribution in [3.63, 3.8) is 0 Å². The molecular weight excluding hydrogens is 364 g/mol. The smallest absolute Gasteiger partial charge is 0.322 e. The average molecular weight is 383 g/mol. The lowest BCUT2D eigenvalue weighted by atomic mass is 10.3. The van der Waals surface area contributed by atoms with Gasteiger partial charge in [0.15, 0.2) is 6.23 Å². The summed E-state index contributed by atoms with van der Waals surface area (Å²) in [7, 11) is 0. The van der Waals surface area contributed by atoms with E-state index in [-0.39, 0.29) is 6.03 Å². The van der Waals surface area contributed by atoms with E-state index >= 15 is 0 Å². The summed E-state index contributed by atoms with van der Waals surface area (Å²) in [6, 6.07) is 23.2. The average Bonchev–Trinajstić information content (AvgIpc) is 2.66. The molecule has 27 heavy (non-hydrogen) atoms. The maximum atomic E-state index is 12.1. The van der Waals surface area contributed by atoms with E-state index in [1.165, 1.54) is 0 Å². The van der Waals surface area contributed by atoms with Gasteiger partial charge in [0.1, 0.15) is 17.2 Å². The molecule has 0 saturated carbocycles. The molecule has 3 rings (SSSR count). The number of anilines is 1. The van der Waals surface area contributed by atoms with Gasteiger partial charge in [-0.2, -0.15) is 0 Å². The van der Waals surface area contributed by atoms with E-state index in [0.29, 0.717) is 22.2 Å². The highest BCUT2D eigenvalue weighted by atomic mass is 35.5. The van der Waals surface area contributed by atoms with Gasteiger partial charge in [-0.15, -0.1) is 0 Å². The molecule has 0 aliphatic heterocycles. The summed E-state index contributed by atoms with van der Waals surface area (Å²) in [6.45, 7) is 1.74. The zero-order valence-corrected chi connectivity index (χ0v) is 15.4. The van der Waals surface area contributed by atoms with Crippen molar-refractivity contribution >= 4 is 23.3 Å². The van der Waals surface area contributed by atoms with Gasteiger partial charge >= 0.3 is 6.03 Å². The molecule has 2 N–H and O–H groups in total. The molecule has 1 unspecified atom stereocenters. The van der Waals surface area contributed by atoms with Gasteiger partial charge < -0.3 is 20.1 Å². The lowest BCUT2D eigenvalue weighted by molar-refractivity contribution is 0.183. The number of hydrogen-bond donors (Lipinski definition) is 2. The number of amides is 2. The maximum absolute atomic E-state index is 12.1. The number of rotatable bonds is 6. The molecular formula is C21H19ClN2O3. The molecule has 0 bridgehead atoms. The van der Waals surface area contributed by atoms with E-state index in [9.17, 15) is 4.79 Å². The molecule has 3 aromatic rings. The molecule has 3 aromatic carbocycles. The van der Waals surface area contributed by atoms with E-state index in [0.717, 1.165) is 5.75 Å². The zero-order valence-electron chi connectivity index (χ0n) is 14.7. The number of benzene rings is 3. The van der Waals surface area contributed by atoms with Crippen LogP contribution < -0.4 is 20.1 Å². The summed E-state index contributed by atoms with van der Waals surface area (Å²) in [4.78, 5) is 12.1. The summed E-state index contributed by atoms with van der Waals surface area (Å²) in [5.41, 5.74) is 0.645. The highest BCUT2D eigenvalue weighted by Gasteiger charge is 2.09. The predicted octanol–water partition coefficient (Wildman–Crippen LogP) is 5.68. The lowest BCUT2D eigenvalue weighted by Crippen LogP contribution is -2.39. The zero-order chi connectivity index (χ0) is 19.1. The van der Waals surface area contributed by atoms with Gasteiger partial charge in [-0.1, -0.05) is 29.8 Å². The van der Waals surface area contributed by atoms with Crippen LogP contribution in [0.25, 0.3) is 0 Å². The second-order valence-corrected chi connectivity index (χ2v) is 6.19. The van der Waals surface area contributed by atoms with E-state index in [4.69, 9.17) is 21.1 Å². The van der Waals surface area contributed by atoms with Gasteiger partial charge in [-0.25, -0.2) is 4.79 Å². The van der Waals surface area contributed by atoms with E-state index < -0.39 is 6.23 Å². The van der Waals surface area contributed by atoms with Crippen molar-refractivity contribution in [3.05, 3.63) is 83.9 Å². The van der Waals surface area contributed by atoms with Crippen LogP contribution in [0.1, 0.15) is 6.92 Å². The Balaban J connectivity index is 1.49. The fraction of sp³-hybridized carbons (Fsp3) is 0.0952. The highest BCUT2D eigenvalue weighted by Crippen LogP contribution is 2.22. The van der Waals surface area contributed by atoms with E-state index in [1.807, 2.05) is 30.3 Å². The Bertz CT molecular complexity index is 868. The third-order valence-electron chi connectivity index (χ3n) is 3.55. The Morgan fingerprint density at radius 2 is 1.44 bits per heavy atom. The van der Waals surface area contributed by atoms with Crippen LogP contribution in [0.15, 0.2) is 78.9 Å². The van der Waals surface area contributed by atoms with Crippen LogP contribution in [0.3, 0.4) is 0 Å². The van der Waals surface area contributed by atoms with Gasteiger partial charge in [0.25, 0.3) is 0 Å². The first-order valence-corrected chi connectivity index (χ1v) is 8.79. The number of urea groups is 1. The summed E-state index contributed by atoms with van der Waals surface area (Å²) in [6.07, 6.45) is -0.508. The number of para-hydroxylation sites is 1. The van der Waals surface area contributed by atoms with Crippen molar-refractivity contribution in [1.82, 2.24) is 5.32 Å². The van der Waals surface area contributed by atoms with Gasteiger partial charge in [0.2, 0.25) is 0 Å². The Kier molecular flexibility index (Phi) is 6.18. The molecule has 0 heterocycles. The molecule has 1 atom stereocenters. The van der Waals surface area contributed by atoms with Gasteiger partial charge in [0.05, 0.1) is 0 Å². The fourth-order valence-electron chi connectivity index (χ4n) is 2.33. The minimum absolute atomic E-state index is 0.367. The minimum atomic E-state index is -0.508. The fourth-order valence-corrected chi connectivity index (χ4v) is 2.46. The standard InChI is InChI=1S/C21H19ClN2O3/c1-15(26-19-11-7-16(22)8-12-19)23-21(25)24-17-9-13-20(14-10-17)27-18-5-3-2-4-6-18/h2-15H,1H3,(H2,23,24,25).